The van der Waals surface area contributed by atoms with Gasteiger partial charge >= 0.3 is 0 Å². The van der Waals surface area contributed by atoms with Crippen molar-refractivity contribution >= 4 is 0 Å². The molecule has 0 fully saturated rings. The van der Waals surface area contributed by atoms with E-state index >= 15 is 0 Å². The zero-order chi connectivity index (χ0) is 101. The molecule has 0 bridgehead atoms. The fraction of sp³-hybridized carbons (Fsp3) is 0.0417. The molecule has 702 valence electrons. The SMILES string of the molecule is C(#Cc1ccc(C#Cc2ccc(OCc3c(COc4ccc(C#Cc5ccc(C#Cc6ccccc6)cc5)cc4)c(COc4ccc(C#Cc5ccc(C#Cc6ccccc6)cc5)cc4)c(COc4ccc(C#Cc5ccc(C#Cc6ccccc6)cc5)cc4)c(COc4ccc(C#Cc5ccc(C#Cc6ccccc6)cc5)cc4)c3COc3ccc(C#Cc4ccc(C#Cc5ccccc5)cc4)cc3)cc2)cc1)c1ccccc1. The summed E-state index contributed by atoms with van der Waals surface area (Å²) in [5, 5.41) is 0. The fourth-order valence-corrected chi connectivity index (χ4v) is 15.6. The van der Waals surface area contributed by atoms with Crippen LogP contribution < -0.4 is 28.4 Å². The molecule has 0 radical (unpaired) electrons. The maximum absolute atomic E-state index is 7.21. The highest BCUT2D eigenvalue weighted by Gasteiger charge is 2.28. The second-order valence-electron chi connectivity index (χ2n) is 34.4. The lowest BCUT2D eigenvalue weighted by Gasteiger charge is -2.27. The van der Waals surface area contributed by atoms with Crippen molar-refractivity contribution < 1.29 is 28.4 Å². The molecule has 0 aromatic heterocycles. The summed E-state index contributed by atoms with van der Waals surface area (Å²) in [6.45, 7) is -0.0200. The predicted molar refractivity (Wildman–Crippen MR) is 600 cm³/mol. The number of benzene rings is 19. The van der Waals surface area contributed by atoms with Gasteiger partial charge < -0.3 is 28.4 Å². The lowest BCUT2D eigenvalue weighted by molar-refractivity contribution is 0.249. The Labute approximate surface area is 878 Å². The van der Waals surface area contributed by atoms with Gasteiger partial charge in [-0.3, -0.25) is 0 Å². The van der Waals surface area contributed by atoms with E-state index in [1.54, 1.807) is 0 Å². The van der Waals surface area contributed by atoms with Crippen molar-refractivity contribution in [3.05, 3.63) is 640 Å². The monoisotopic (exact) mass is 1910 g/mol. The Morgan fingerprint density at radius 3 is 0.247 bits per heavy atom. The molecule has 0 unspecified atom stereocenters. The molecular formula is C144H90O6. The van der Waals surface area contributed by atoms with E-state index in [1.807, 2.05) is 473 Å². The fourth-order valence-electron chi connectivity index (χ4n) is 15.6. The molecule has 150 heavy (non-hydrogen) atoms. The Morgan fingerprint density at radius 1 is 0.0867 bits per heavy atom. The second-order valence-corrected chi connectivity index (χ2v) is 34.4. The Balaban J connectivity index is 0.709. The summed E-state index contributed by atoms with van der Waals surface area (Å²) < 4.78 is 43.3. The highest BCUT2D eigenvalue weighted by Crippen LogP contribution is 2.37. The number of ether oxygens (including phenoxy) is 6. The summed E-state index contributed by atoms with van der Waals surface area (Å²) in [6.07, 6.45) is 0. The van der Waals surface area contributed by atoms with Crippen LogP contribution in [-0.4, -0.2) is 0 Å². The molecule has 0 N–H and O–H groups in total. The van der Waals surface area contributed by atoms with E-state index in [9.17, 15) is 0 Å². The predicted octanol–water partition coefficient (Wildman–Crippen LogP) is 28.0. The smallest absolute Gasteiger partial charge is 0.119 e. The van der Waals surface area contributed by atoms with E-state index in [-0.39, 0.29) is 39.6 Å². The van der Waals surface area contributed by atoms with E-state index in [1.165, 1.54) is 0 Å². The summed E-state index contributed by atoms with van der Waals surface area (Å²) in [5.74, 6) is 83.1. The number of hydrogen-bond acceptors (Lipinski definition) is 6. The zero-order valence-corrected chi connectivity index (χ0v) is 81.7. The molecule has 0 aliphatic heterocycles. The molecule has 0 amide bonds. The zero-order valence-electron chi connectivity index (χ0n) is 81.7. The third-order valence-electron chi connectivity index (χ3n) is 23.8. The molecule has 19 aromatic rings. The molecule has 0 heterocycles. The first-order valence-electron chi connectivity index (χ1n) is 48.9. The molecule has 0 saturated carbocycles. The average Bonchev–Trinajstić information content (AvgIpc) is 0.757. The first-order valence-corrected chi connectivity index (χ1v) is 48.9. The molecule has 6 nitrogen and oxygen atoms in total. The standard InChI is InChI=1S/C144H90O6/c1-7-19-109(20-8-1)31-37-115-43-55-121(56-44-115)67-73-127-79-91-133(92-80-127)145-103-139-140(104-146-134-93-81-128(82-94-134)74-68-122-57-45-116(46-58-122)38-32-110-21-9-2-10-22-110)142(106-148-136-97-85-130(86-98-136)76-70-124-61-49-118(50-62-124)40-34-112-25-13-4-14-26-112)144(108-150-138-101-89-132(90-102-138)78-72-126-65-53-120(54-66-126)42-36-114-29-17-6-18-30-114)143(107-149-137-99-87-131(88-100-137)77-71-125-63-51-119(52-64-125)41-35-113-27-15-5-16-28-113)141(139)105-147-135-95-83-129(84-96-135)75-69-123-59-47-117(48-60-123)39-33-111-23-11-3-12-24-111/h1-30,43-66,79-102H,103-108H2. The molecule has 0 aliphatic rings. The van der Waals surface area contributed by atoms with Crippen molar-refractivity contribution in [2.24, 2.45) is 0 Å². The highest BCUT2D eigenvalue weighted by molar-refractivity contribution is 5.60. The molecular weight excluding hydrogens is 1830 g/mol. The van der Waals surface area contributed by atoms with Gasteiger partial charge in [0.2, 0.25) is 0 Å². The van der Waals surface area contributed by atoms with E-state index in [2.05, 4.69) is 142 Å². The van der Waals surface area contributed by atoms with Crippen molar-refractivity contribution in [3.8, 4) is 177 Å². The van der Waals surface area contributed by atoms with E-state index in [0.29, 0.717) is 34.5 Å². The van der Waals surface area contributed by atoms with Crippen molar-refractivity contribution in [1.82, 2.24) is 0 Å². The minimum atomic E-state index is -0.00333. The highest BCUT2D eigenvalue weighted by atomic mass is 16.5. The lowest BCUT2D eigenvalue weighted by Crippen LogP contribution is -2.21. The number of hydrogen-bond donors (Lipinski definition) is 0. The second kappa shape index (κ2) is 50.9. The minimum Gasteiger partial charge on any atom is -0.489 e. The van der Waals surface area contributed by atoms with E-state index < -0.39 is 0 Å². The van der Waals surface area contributed by atoms with Crippen molar-refractivity contribution in [2.75, 3.05) is 0 Å². The van der Waals surface area contributed by atoms with Gasteiger partial charge in [0.25, 0.3) is 0 Å². The molecule has 6 heteroatoms. The molecule has 0 spiro atoms. The first kappa shape index (κ1) is 97.5. The maximum atomic E-state index is 7.21. The molecule has 0 saturated heterocycles. The van der Waals surface area contributed by atoms with Crippen LogP contribution in [0.15, 0.2) is 473 Å². The minimum absolute atomic E-state index is 0.00333. The van der Waals surface area contributed by atoms with Gasteiger partial charge in [-0.05, 0) is 364 Å². The van der Waals surface area contributed by atoms with Crippen LogP contribution in [0, 0.1) is 142 Å². The Bertz CT molecular complexity index is 7420. The third-order valence-corrected chi connectivity index (χ3v) is 23.8. The van der Waals surface area contributed by atoms with Crippen LogP contribution in [0.3, 0.4) is 0 Å². The van der Waals surface area contributed by atoms with Gasteiger partial charge in [0.1, 0.15) is 74.1 Å². The van der Waals surface area contributed by atoms with Gasteiger partial charge in [-0.25, -0.2) is 0 Å². The quantitative estimate of drug-likeness (QED) is 0.0798. The van der Waals surface area contributed by atoms with Crippen LogP contribution in [0.2, 0.25) is 0 Å². The lowest BCUT2D eigenvalue weighted by atomic mass is 9.87. The van der Waals surface area contributed by atoms with Crippen molar-refractivity contribution in [2.45, 2.75) is 39.6 Å². The van der Waals surface area contributed by atoms with Crippen LogP contribution in [0.1, 0.15) is 167 Å². The molecule has 0 aliphatic carbocycles. The summed E-state index contributed by atoms with van der Waals surface area (Å²) in [5.41, 5.74) is 25.3. The Hall–Kier alpha value is -21.3. The van der Waals surface area contributed by atoms with Gasteiger partial charge in [-0.2, -0.15) is 0 Å². The van der Waals surface area contributed by atoms with Crippen molar-refractivity contribution in [1.29, 1.82) is 0 Å². The summed E-state index contributed by atoms with van der Waals surface area (Å²) in [6, 6.07) is 154. The van der Waals surface area contributed by atoms with Crippen LogP contribution in [0.4, 0.5) is 0 Å². The molecule has 19 aromatic carbocycles. The third kappa shape index (κ3) is 29.5. The van der Waals surface area contributed by atoms with Crippen LogP contribution in [-0.2, 0) is 39.6 Å². The van der Waals surface area contributed by atoms with E-state index in [4.69, 9.17) is 28.4 Å². The molecule has 0 atom stereocenters. The maximum Gasteiger partial charge on any atom is 0.119 e. The Kier molecular flexibility index (Phi) is 33.1. The van der Waals surface area contributed by atoms with Crippen LogP contribution in [0.5, 0.6) is 34.5 Å². The van der Waals surface area contributed by atoms with Gasteiger partial charge in [0.15, 0.2) is 0 Å². The van der Waals surface area contributed by atoms with Gasteiger partial charge in [0.05, 0.1) is 0 Å². The normalized spacial score (nSPS) is 9.92. The van der Waals surface area contributed by atoms with Gasteiger partial charge in [-0.15, -0.1) is 0 Å². The van der Waals surface area contributed by atoms with E-state index in [0.717, 1.165) is 167 Å². The summed E-state index contributed by atoms with van der Waals surface area (Å²) in [4.78, 5) is 0. The van der Waals surface area contributed by atoms with Gasteiger partial charge in [-0.1, -0.05) is 251 Å². The summed E-state index contributed by atoms with van der Waals surface area (Å²) in [7, 11) is 0. The summed E-state index contributed by atoms with van der Waals surface area (Å²) >= 11 is 0. The average molecular weight is 1920 g/mol. The van der Waals surface area contributed by atoms with Crippen LogP contribution in [0.25, 0.3) is 0 Å². The van der Waals surface area contributed by atoms with Crippen molar-refractivity contribution in [3.63, 3.8) is 0 Å². The van der Waals surface area contributed by atoms with Crippen LogP contribution >= 0.6 is 0 Å². The largest absolute Gasteiger partial charge is 0.489 e. The van der Waals surface area contributed by atoms with Gasteiger partial charge in [0, 0.05) is 167 Å². The molecule has 19 rings (SSSR count). The number of rotatable bonds is 18. The Morgan fingerprint density at radius 2 is 0.160 bits per heavy atom. The first-order chi connectivity index (χ1) is 74.2. The topological polar surface area (TPSA) is 55.4 Å².